The second-order valence-electron chi connectivity index (χ2n) is 2.92. The summed E-state index contributed by atoms with van der Waals surface area (Å²) in [5, 5.41) is 8.46. The van der Waals surface area contributed by atoms with Gasteiger partial charge in [-0.1, -0.05) is 42.5 Å². The predicted octanol–water partition coefficient (Wildman–Crippen LogP) is 1.99. The Labute approximate surface area is 77.1 Å². The van der Waals surface area contributed by atoms with E-state index in [0.717, 1.165) is 5.56 Å². The molecule has 0 saturated carbocycles. The minimum Gasteiger partial charge on any atom is -0.349 e. The van der Waals surface area contributed by atoms with Crippen LogP contribution in [0.1, 0.15) is 5.56 Å². The maximum absolute atomic E-state index is 8.46. The van der Waals surface area contributed by atoms with Crippen LogP contribution in [0.25, 0.3) is 6.08 Å². The van der Waals surface area contributed by atoms with E-state index in [2.05, 4.69) is 6.07 Å². The zero-order valence-corrected chi connectivity index (χ0v) is 7.05. The average Bonchev–Trinajstić information content (AvgIpc) is 2.95. The number of nitrogens with zero attached hydrogens (tertiary/aromatic N) is 1. The smallest absolute Gasteiger partial charge is 0.174 e. The topological polar surface area (TPSA) is 36.3 Å². The highest BCUT2D eigenvalue weighted by atomic mass is 16.6. The van der Waals surface area contributed by atoms with Crippen LogP contribution in [-0.4, -0.2) is 12.2 Å². The first-order valence-electron chi connectivity index (χ1n) is 4.18. The van der Waals surface area contributed by atoms with Gasteiger partial charge in [0.2, 0.25) is 0 Å². The Hall–Kier alpha value is -1.59. The third kappa shape index (κ3) is 1.95. The molecule has 0 bridgehead atoms. The van der Waals surface area contributed by atoms with Gasteiger partial charge < -0.3 is 4.74 Å². The molecule has 0 aliphatic carbocycles. The fraction of sp³-hybridized carbons (Fsp3) is 0.182. The molecule has 2 nitrogen and oxygen atoms in total. The molecule has 1 heterocycles. The van der Waals surface area contributed by atoms with Gasteiger partial charge in [0.1, 0.15) is 6.10 Å². The third-order valence-electron chi connectivity index (χ3n) is 1.93. The van der Waals surface area contributed by atoms with Gasteiger partial charge in [-0.2, -0.15) is 5.26 Å². The van der Waals surface area contributed by atoms with Gasteiger partial charge in [0.15, 0.2) is 6.10 Å². The molecule has 1 saturated heterocycles. The van der Waals surface area contributed by atoms with Crippen molar-refractivity contribution >= 4 is 6.08 Å². The van der Waals surface area contributed by atoms with Gasteiger partial charge in [-0.05, 0) is 5.56 Å². The maximum Gasteiger partial charge on any atom is 0.174 e. The lowest BCUT2D eigenvalue weighted by Crippen LogP contribution is -1.83. The highest BCUT2D eigenvalue weighted by Crippen LogP contribution is 2.22. The Balaban J connectivity index is 1.97. The van der Waals surface area contributed by atoms with Crippen LogP contribution in [-0.2, 0) is 4.74 Å². The number of hydrogen-bond acceptors (Lipinski definition) is 2. The number of ether oxygens (including phenoxy) is 1. The standard InChI is InChI=1S/C11H9NO/c12-8-11-10(13-11)7-6-9-4-2-1-3-5-9/h1-7,10-11H/b7-6+. The second kappa shape index (κ2) is 3.42. The first-order chi connectivity index (χ1) is 6.40. The summed E-state index contributed by atoms with van der Waals surface area (Å²) in [7, 11) is 0. The summed E-state index contributed by atoms with van der Waals surface area (Å²) in [6.45, 7) is 0. The Morgan fingerprint density at radius 2 is 2.08 bits per heavy atom. The highest BCUT2D eigenvalue weighted by molar-refractivity contribution is 5.50. The van der Waals surface area contributed by atoms with Crippen molar-refractivity contribution in [3.8, 4) is 6.07 Å². The van der Waals surface area contributed by atoms with Crippen molar-refractivity contribution in [3.05, 3.63) is 42.0 Å². The van der Waals surface area contributed by atoms with Crippen molar-refractivity contribution in [1.82, 2.24) is 0 Å². The van der Waals surface area contributed by atoms with Gasteiger partial charge in [0.05, 0.1) is 6.07 Å². The van der Waals surface area contributed by atoms with Crippen LogP contribution in [0, 0.1) is 11.3 Å². The molecule has 2 rings (SSSR count). The summed E-state index contributed by atoms with van der Waals surface area (Å²) in [6, 6.07) is 12.0. The Kier molecular flexibility index (Phi) is 2.11. The monoisotopic (exact) mass is 171 g/mol. The Morgan fingerprint density at radius 1 is 1.31 bits per heavy atom. The van der Waals surface area contributed by atoms with Crippen LogP contribution in [0.4, 0.5) is 0 Å². The molecule has 0 aromatic heterocycles. The number of nitriles is 1. The molecule has 1 aromatic carbocycles. The van der Waals surface area contributed by atoms with E-state index in [-0.39, 0.29) is 12.2 Å². The van der Waals surface area contributed by atoms with Crippen LogP contribution in [0.15, 0.2) is 36.4 Å². The van der Waals surface area contributed by atoms with E-state index < -0.39 is 0 Å². The van der Waals surface area contributed by atoms with Crippen molar-refractivity contribution in [3.63, 3.8) is 0 Å². The van der Waals surface area contributed by atoms with Gasteiger partial charge in [-0.25, -0.2) is 0 Å². The van der Waals surface area contributed by atoms with Gasteiger partial charge in [0.25, 0.3) is 0 Å². The Morgan fingerprint density at radius 3 is 2.69 bits per heavy atom. The number of hydrogen-bond donors (Lipinski definition) is 0. The average molecular weight is 171 g/mol. The van der Waals surface area contributed by atoms with Crippen molar-refractivity contribution in [1.29, 1.82) is 5.26 Å². The molecule has 0 radical (unpaired) electrons. The van der Waals surface area contributed by atoms with Crippen molar-refractivity contribution < 1.29 is 4.74 Å². The molecule has 2 atom stereocenters. The van der Waals surface area contributed by atoms with E-state index in [4.69, 9.17) is 10.00 Å². The zero-order chi connectivity index (χ0) is 9.10. The lowest BCUT2D eigenvalue weighted by Gasteiger charge is -1.88. The first-order valence-corrected chi connectivity index (χ1v) is 4.18. The van der Waals surface area contributed by atoms with Gasteiger partial charge in [-0.3, -0.25) is 0 Å². The first kappa shape index (κ1) is 8.03. The summed E-state index contributed by atoms with van der Waals surface area (Å²) in [6.07, 6.45) is 3.68. The van der Waals surface area contributed by atoms with Crippen molar-refractivity contribution in [2.45, 2.75) is 12.2 Å². The number of benzene rings is 1. The van der Waals surface area contributed by atoms with E-state index in [0.29, 0.717) is 0 Å². The molecule has 0 spiro atoms. The van der Waals surface area contributed by atoms with E-state index >= 15 is 0 Å². The van der Waals surface area contributed by atoms with Crippen molar-refractivity contribution in [2.24, 2.45) is 0 Å². The fourth-order valence-corrected chi connectivity index (χ4v) is 1.14. The molecule has 1 aliphatic heterocycles. The number of epoxide rings is 1. The molecular formula is C11H9NO. The molecule has 1 fully saturated rings. The van der Waals surface area contributed by atoms with E-state index in [1.165, 1.54) is 0 Å². The van der Waals surface area contributed by atoms with E-state index in [1.807, 2.05) is 42.5 Å². The minimum atomic E-state index is -0.222. The van der Waals surface area contributed by atoms with Gasteiger partial charge >= 0.3 is 0 Å². The molecule has 0 amide bonds. The SMILES string of the molecule is N#CC1OC1/C=C/c1ccccc1. The number of rotatable bonds is 2. The lowest BCUT2D eigenvalue weighted by molar-refractivity contribution is 0.416. The summed E-state index contributed by atoms with van der Waals surface area (Å²) in [5.74, 6) is 0. The van der Waals surface area contributed by atoms with Crippen molar-refractivity contribution in [2.75, 3.05) is 0 Å². The molecule has 0 N–H and O–H groups in total. The molecule has 64 valence electrons. The molecule has 2 heteroatoms. The predicted molar refractivity (Wildman–Crippen MR) is 49.8 cm³/mol. The molecule has 1 aliphatic rings. The van der Waals surface area contributed by atoms with Gasteiger partial charge in [0, 0.05) is 0 Å². The fourth-order valence-electron chi connectivity index (χ4n) is 1.14. The van der Waals surface area contributed by atoms with Crippen LogP contribution in [0.3, 0.4) is 0 Å². The molecular weight excluding hydrogens is 162 g/mol. The summed E-state index contributed by atoms with van der Waals surface area (Å²) in [5.41, 5.74) is 1.13. The maximum atomic E-state index is 8.46. The normalized spacial score (nSPS) is 25.8. The quantitative estimate of drug-likeness (QED) is 0.638. The van der Waals surface area contributed by atoms with Crippen LogP contribution < -0.4 is 0 Å². The Bertz CT molecular complexity index is 350. The summed E-state index contributed by atoms with van der Waals surface area (Å²) < 4.78 is 5.04. The second-order valence-corrected chi connectivity index (χ2v) is 2.92. The highest BCUT2D eigenvalue weighted by Gasteiger charge is 2.36. The molecule has 13 heavy (non-hydrogen) atoms. The van der Waals surface area contributed by atoms with Gasteiger partial charge in [-0.15, -0.1) is 0 Å². The lowest BCUT2D eigenvalue weighted by atomic mass is 10.2. The minimum absolute atomic E-state index is 0.00482. The molecule has 2 unspecified atom stereocenters. The zero-order valence-electron chi connectivity index (χ0n) is 7.05. The molecule has 1 aromatic rings. The van der Waals surface area contributed by atoms with Crippen LogP contribution in [0.5, 0.6) is 0 Å². The van der Waals surface area contributed by atoms with E-state index in [1.54, 1.807) is 0 Å². The van der Waals surface area contributed by atoms with E-state index in [9.17, 15) is 0 Å². The van der Waals surface area contributed by atoms with Crippen LogP contribution >= 0.6 is 0 Å². The summed E-state index contributed by atoms with van der Waals surface area (Å²) in [4.78, 5) is 0. The largest absolute Gasteiger partial charge is 0.349 e. The summed E-state index contributed by atoms with van der Waals surface area (Å²) >= 11 is 0. The third-order valence-corrected chi connectivity index (χ3v) is 1.93. The van der Waals surface area contributed by atoms with Crippen LogP contribution in [0.2, 0.25) is 0 Å².